The van der Waals surface area contributed by atoms with Crippen LogP contribution < -0.4 is 10.6 Å². The first-order chi connectivity index (χ1) is 6.90. The summed E-state index contributed by atoms with van der Waals surface area (Å²) < 4.78 is 0. The van der Waals surface area contributed by atoms with Crippen molar-refractivity contribution >= 4 is 0 Å². The number of hydrogen-bond donors (Lipinski definition) is 2. The first-order valence-electron chi connectivity index (χ1n) is 5.36. The molecular formula is C12H18N2. The molecule has 1 unspecified atom stereocenters. The molecule has 2 nitrogen and oxygen atoms in total. The maximum Gasteiger partial charge on any atom is 0.0448 e. The second-order valence-corrected chi connectivity index (χ2v) is 3.96. The topological polar surface area (TPSA) is 24.1 Å². The predicted molar refractivity (Wildman–Crippen MR) is 59.3 cm³/mol. The Bertz CT molecular complexity index is 267. The molecule has 1 aliphatic rings. The van der Waals surface area contributed by atoms with E-state index in [9.17, 15) is 0 Å². The molecule has 0 saturated heterocycles. The molecule has 0 amide bonds. The molecule has 1 atom stereocenters. The van der Waals surface area contributed by atoms with Gasteiger partial charge in [0.05, 0.1) is 0 Å². The third-order valence-corrected chi connectivity index (χ3v) is 2.62. The molecule has 2 heteroatoms. The summed E-state index contributed by atoms with van der Waals surface area (Å²) in [6.07, 6.45) is 2.68. The number of hydrogen-bond acceptors (Lipinski definition) is 2. The third kappa shape index (κ3) is 2.56. The van der Waals surface area contributed by atoms with Crippen molar-refractivity contribution in [3.63, 3.8) is 0 Å². The van der Waals surface area contributed by atoms with E-state index >= 15 is 0 Å². The van der Waals surface area contributed by atoms with Crippen molar-refractivity contribution < 1.29 is 0 Å². The summed E-state index contributed by atoms with van der Waals surface area (Å²) >= 11 is 0. The maximum absolute atomic E-state index is 3.65. The van der Waals surface area contributed by atoms with Gasteiger partial charge in [0.2, 0.25) is 0 Å². The van der Waals surface area contributed by atoms with E-state index in [1.54, 1.807) is 0 Å². The van der Waals surface area contributed by atoms with Crippen LogP contribution in [0, 0.1) is 0 Å². The molecule has 1 aliphatic carbocycles. The van der Waals surface area contributed by atoms with Gasteiger partial charge in [0.25, 0.3) is 0 Å². The second-order valence-electron chi connectivity index (χ2n) is 3.96. The summed E-state index contributed by atoms with van der Waals surface area (Å²) in [4.78, 5) is 0. The van der Waals surface area contributed by atoms with Crippen molar-refractivity contribution in [1.82, 2.24) is 10.6 Å². The lowest BCUT2D eigenvalue weighted by molar-refractivity contribution is 0.506. The summed E-state index contributed by atoms with van der Waals surface area (Å²) in [5.41, 5.74) is 1.38. The predicted octanol–water partition coefficient (Wildman–Crippen LogP) is 1.70. The first kappa shape index (κ1) is 9.69. The van der Waals surface area contributed by atoms with Crippen LogP contribution in [0.1, 0.15) is 24.4 Å². The molecule has 14 heavy (non-hydrogen) atoms. The molecule has 1 saturated carbocycles. The van der Waals surface area contributed by atoms with E-state index in [0.717, 1.165) is 12.6 Å². The highest BCUT2D eigenvalue weighted by Crippen LogP contribution is 2.23. The SMILES string of the molecule is CNCC(NC1CC1)c1ccccc1. The molecule has 1 fully saturated rings. The fourth-order valence-corrected chi connectivity index (χ4v) is 1.70. The van der Waals surface area contributed by atoms with Crippen LogP contribution in [-0.2, 0) is 0 Å². The summed E-state index contributed by atoms with van der Waals surface area (Å²) in [6, 6.07) is 11.9. The normalized spacial score (nSPS) is 18.1. The number of likely N-dealkylation sites (N-methyl/N-ethyl adjacent to an activating group) is 1. The lowest BCUT2D eigenvalue weighted by Crippen LogP contribution is -2.31. The Morgan fingerprint density at radius 2 is 2.00 bits per heavy atom. The van der Waals surface area contributed by atoms with Crippen LogP contribution >= 0.6 is 0 Å². The van der Waals surface area contributed by atoms with Crippen molar-refractivity contribution in [2.75, 3.05) is 13.6 Å². The van der Waals surface area contributed by atoms with E-state index in [-0.39, 0.29) is 0 Å². The number of rotatable bonds is 5. The lowest BCUT2D eigenvalue weighted by atomic mass is 10.1. The van der Waals surface area contributed by atoms with Gasteiger partial charge in [-0.1, -0.05) is 30.3 Å². The van der Waals surface area contributed by atoms with E-state index in [4.69, 9.17) is 0 Å². The average molecular weight is 190 g/mol. The quantitative estimate of drug-likeness (QED) is 0.738. The van der Waals surface area contributed by atoms with Crippen molar-refractivity contribution in [2.45, 2.75) is 24.9 Å². The zero-order valence-corrected chi connectivity index (χ0v) is 8.66. The highest BCUT2D eigenvalue weighted by molar-refractivity contribution is 5.19. The molecule has 0 spiro atoms. The molecule has 2 rings (SSSR count). The van der Waals surface area contributed by atoms with Crippen LogP contribution in [-0.4, -0.2) is 19.6 Å². The van der Waals surface area contributed by atoms with Crippen LogP contribution in [0.15, 0.2) is 30.3 Å². The molecule has 1 aromatic rings. The average Bonchev–Trinajstić information content (AvgIpc) is 3.03. The van der Waals surface area contributed by atoms with Gasteiger partial charge in [-0.05, 0) is 25.5 Å². The Labute approximate surface area is 85.7 Å². The Hall–Kier alpha value is -0.860. The molecule has 0 aliphatic heterocycles. The van der Waals surface area contributed by atoms with Gasteiger partial charge in [-0.2, -0.15) is 0 Å². The van der Waals surface area contributed by atoms with Crippen LogP contribution in [0.2, 0.25) is 0 Å². The Morgan fingerprint density at radius 3 is 2.57 bits per heavy atom. The summed E-state index contributed by atoms with van der Waals surface area (Å²) in [5, 5.41) is 6.88. The summed E-state index contributed by atoms with van der Waals surface area (Å²) in [7, 11) is 2.00. The van der Waals surface area contributed by atoms with Gasteiger partial charge in [0, 0.05) is 18.6 Å². The van der Waals surface area contributed by atoms with E-state index in [2.05, 4.69) is 41.0 Å². The smallest absolute Gasteiger partial charge is 0.0448 e. The molecule has 0 bridgehead atoms. The van der Waals surface area contributed by atoms with Gasteiger partial charge in [0.15, 0.2) is 0 Å². The Morgan fingerprint density at radius 1 is 1.29 bits per heavy atom. The highest BCUT2D eigenvalue weighted by atomic mass is 15.0. The van der Waals surface area contributed by atoms with Gasteiger partial charge in [-0.15, -0.1) is 0 Å². The van der Waals surface area contributed by atoms with E-state index < -0.39 is 0 Å². The minimum atomic E-state index is 0.466. The molecule has 0 heterocycles. The number of nitrogens with one attached hydrogen (secondary N) is 2. The largest absolute Gasteiger partial charge is 0.318 e. The van der Waals surface area contributed by atoms with Gasteiger partial charge >= 0.3 is 0 Å². The van der Waals surface area contributed by atoms with E-state index in [0.29, 0.717) is 6.04 Å². The molecule has 1 aromatic carbocycles. The zero-order chi connectivity index (χ0) is 9.80. The van der Waals surface area contributed by atoms with Gasteiger partial charge in [-0.3, -0.25) is 0 Å². The van der Waals surface area contributed by atoms with Crippen LogP contribution in [0.5, 0.6) is 0 Å². The van der Waals surface area contributed by atoms with Crippen LogP contribution in [0.4, 0.5) is 0 Å². The molecule has 76 valence electrons. The van der Waals surface area contributed by atoms with Crippen molar-refractivity contribution in [3.8, 4) is 0 Å². The fraction of sp³-hybridized carbons (Fsp3) is 0.500. The van der Waals surface area contributed by atoms with Crippen molar-refractivity contribution in [3.05, 3.63) is 35.9 Å². The minimum Gasteiger partial charge on any atom is -0.318 e. The second kappa shape index (κ2) is 4.58. The maximum atomic E-state index is 3.65. The minimum absolute atomic E-state index is 0.466. The number of benzene rings is 1. The van der Waals surface area contributed by atoms with Crippen molar-refractivity contribution in [1.29, 1.82) is 0 Å². The highest BCUT2D eigenvalue weighted by Gasteiger charge is 2.24. The molecule has 0 radical (unpaired) electrons. The van der Waals surface area contributed by atoms with Gasteiger partial charge in [-0.25, -0.2) is 0 Å². The Kier molecular flexibility index (Phi) is 3.17. The summed E-state index contributed by atoms with van der Waals surface area (Å²) in [6.45, 7) is 1.00. The van der Waals surface area contributed by atoms with Gasteiger partial charge < -0.3 is 10.6 Å². The van der Waals surface area contributed by atoms with Gasteiger partial charge in [0.1, 0.15) is 0 Å². The lowest BCUT2D eigenvalue weighted by Gasteiger charge is -2.18. The third-order valence-electron chi connectivity index (χ3n) is 2.62. The van der Waals surface area contributed by atoms with Crippen molar-refractivity contribution in [2.24, 2.45) is 0 Å². The van der Waals surface area contributed by atoms with E-state index in [1.807, 2.05) is 7.05 Å². The first-order valence-corrected chi connectivity index (χ1v) is 5.36. The monoisotopic (exact) mass is 190 g/mol. The van der Waals surface area contributed by atoms with Crippen LogP contribution in [0.25, 0.3) is 0 Å². The molecular weight excluding hydrogens is 172 g/mol. The molecule has 0 aromatic heterocycles. The fourth-order valence-electron chi connectivity index (χ4n) is 1.70. The van der Waals surface area contributed by atoms with Crippen LogP contribution in [0.3, 0.4) is 0 Å². The molecule has 2 N–H and O–H groups in total. The Balaban J connectivity index is 2.01. The van der Waals surface area contributed by atoms with E-state index in [1.165, 1.54) is 18.4 Å². The summed E-state index contributed by atoms with van der Waals surface area (Å²) in [5.74, 6) is 0. The standard InChI is InChI=1S/C12H18N2/c1-13-9-12(14-11-7-8-11)10-5-3-2-4-6-10/h2-6,11-14H,7-9H2,1H3. The zero-order valence-electron chi connectivity index (χ0n) is 8.66.